The second-order valence-electron chi connectivity index (χ2n) is 15.5. The number of nitrogens with one attached hydrogen (secondary N) is 2. The van der Waals surface area contributed by atoms with E-state index in [2.05, 4.69) is 22.1 Å². The maximum atomic E-state index is 13.5. The van der Waals surface area contributed by atoms with Crippen LogP contribution in [0.15, 0.2) is 46.0 Å². The summed E-state index contributed by atoms with van der Waals surface area (Å²) in [6, 6.07) is 13.2. The van der Waals surface area contributed by atoms with Crippen molar-refractivity contribution < 1.29 is 9.59 Å². The number of benzene rings is 2. The molecule has 2 fully saturated rings. The number of pyridine rings is 2. The molecule has 2 heterocycles. The van der Waals surface area contributed by atoms with E-state index in [0.717, 1.165) is 52.0 Å². The van der Waals surface area contributed by atoms with Crippen LogP contribution in [0.5, 0.6) is 0 Å². The van der Waals surface area contributed by atoms with Crippen LogP contribution >= 0.6 is 0 Å². The summed E-state index contributed by atoms with van der Waals surface area (Å²) in [5.74, 6) is 1.02. The average Bonchev–Trinajstić information content (AvgIpc) is 3.99. The van der Waals surface area contributed by atoms with E-state index in [4.69, 9.17) is 0 Å². The van der Waals surface area contributed by atoms with Crippen molar-refractivity contribution in [2.75, 3.05) is 0 Å². The molecule has 0 atom stereocenters. The van der Waals surface area contributed by atoms with E-state index in [9.17, 15) is 24.4 Å². The molecule has 2 N–H and O–H groups in total. The number of carbonyl (C=O) groups excluding carboxylic acids is 2. The molecular weight excluding hydrogens is 635 g/mol. The van der Waals surface area contributed by atoms with Crippen LogP contribution in [0.2, 0.25) is 0 Å². The van der Waals surface area contributed by atoms with Crippen molar-refractivity contribution in [2.24, 2.45) is 11.8 Å². The number of carbonyl (C=O) groups is 2. The third-order valence-corrected chi connectivity index (χ3v) is 10.1. The van der Waals surface area contributed by atoms with Gasteiger partial charge in [0.2, 0.25) is 0 Å². The fraction of sp³-hybridized carbons (Fsp3) is 0.432. The Labute approximate surface area is 301 Å². The summed E-state index contributed by atoms with van der Waals surface area (Å²) in [7, 11) is 0. The van der Waals surface area contributed by atoms with Crippen molar-refractivity contribution in [2.45, 2.75) is 113 Å². The normalized spacial score (nSPS) is 13.9. The molecule has 2 aliphatic rings. The largest absolute Gasteiger partial charge is 0.326 e. The first-order valence-corrected chi connectivity index (χ1v) is 18.3. The molecule has 51 heavy (non-hydrogen) atoms. The Morgan fingerprint density at radius 3 is 1.37 bits per heavy atom. The number of hydrogen-bond donors (Lipinski definition) is 2. The van der Waals surface area contributed by atoms with Gasteiger partial charge in [-0.3, -0.25) is 19.2 Å². The van der Waals surface area contributed by atoms with Crippen LogP contribution in [0.4, 0.5) is 0 Å². The highest BCUT2D eigenvalue weighted by Gasteiger charge is 2.31. The summed E-state index contributed by atoms with van der Waals surface area (Å²) >= 11 is 0. The summed E-state index contributed by atoms with van der Waals surface area (Å²) in [6.07, 6.45) is 6.48. The molecule has 266 valence electrons. The molecule has 2 aromatic heterocycles. The lowest BCUT2D eigenvalue weighted by molar-refractivity contribution is 0.102. The molecule has 0 saturated heterocycles. The number of nitrogens with zero attached hydrogens (tertiary/aromatic N) is 1. The first-order chi connectivity index (χ1) is 24.1. The number of aromatic amines is 2. The Kier molecular flexibility index (Phi) is 11.1. The van der Waals surface area contributed by atoms with Crippen LogP contribution in [-0.4, -0.2) is 21.5 Å². The highest BCUT2D eigenvalue weighted by atomic mass is 16.1. The maximum absolute atomic E-state index is 13.5. The molecule has 0 radical (unpaired) electrons. The Morgan fingerprint density at radius 2 is 1.02 bits per heavy atom. The van der Waals surface area contributed by atoms with Crippen molar-refractivity contribution in [3.63, 3.8) is 0 Å². The third-order valence-electron chi connectivity index (χ3n) is 10.1. The van der Waals surface area contributed by atoms with Gasteiger partial charge in [0.25, 0.3) is 11.1 Å². The molecule has 7 nitrogen and oxygen atoms in total. The van der Waals surface area contributed by atoms with Crippen LogP contribution in [0, 0.1) is 57.8 Å². The molecule has 0 unspecified atom stereocenters. The number of nitriles is 1. The number of ketones is 2. The minimum Gasteiger partial charge on any atom is -0.326 e. The van der Waals surface area contributed by atoms with Gasteiger partial charge in [0.05, 0.1) is 11.6 Å². The summed E-state index contributed by atoms with van der Waals surface area (Å²) in [4.78, 5) is 58.1. The molecular formula is C44H51N3O4. The van der Waals surface area contributed by atoms with E-state index in [-0.39, 0.29) is 34.5 Å². The van der Waals surface area contributed by atoms with E-state index in [1.54, 1.807) is 18.2 Å². The molecule has 4 aromatic rings. The van der Waals surface area contributed by atoms with E-state index in [1.165, 1.54) is 25.7 Å². The van der Waals surface area contributed by atoms with Crippen LogP contribution < -0.4 is 11.1 Å². The van der Waals surface area contributed by atoms with Gasteiger partial charge in [0.1, 0.15) is 0 Å². The molecule has 0 aliphatic heterocycles. The first kappa shape index (κ1) is 37.4. The van der Waals surface area contributed by atoms with Crippen LogP contribution in [-0.2, 0) is 12.8 Å². The molecule has 6 rings (SSSR count). The van der Waals surface area contributed by atoms with Crippen LogP contribution in [0.1, 0.15) is 153 Å². The van der Waals surface area contributed by atoms with Gasteiger partial charge in [-0.15, -0.1) is 0 Å². The molecule has 2 aliphatic carbocycles. The zero-order valence-corrected chi connectivity index (χ0v) is 31.6. The number of hydrogen-bond acceptors (Lipinski definition) is 5. The molecule has 2 aromatic carbocycles. The lowest BCUT2D eigenvalue weighted by Gasteiger charge is -2.18. The van der Waals surface area contributed by atoms with Crippen molar-refractivity contribution >= 4 is 11.6 Å². The molecule has 0 bridgehead atoms. The molecule has 0 spiro atoms. The quantitative estimate of drug-likeness (QED) is 0.162. The second-order valence-corrected chi connectivity index (χ2v) is 15.5. The highest BCUT2D eigenvalue weighted by molar-refractivity contribution is 6.12. The fourth-order valence-electron chi connectivity index (χ4n) is 7.28. The minimum atomic E-state index is -0.187. The van der Waals surface area contributed by atoms with Gasteiger partial charge < -0.3 is 9.97 Å². The minimum absolute atomic E-state index is 0.00663. The topological polar surface area (TPSA) is 124 Å². The zero-order valence-electron chi connectivity index (χ0n) is 31.6. The Morgan fingerprint density at radius 1 is 0.647 bits per heavy atom. The Bertz CT molecular complexity index is 2150. The average molecular weight is 686 g/mol. The second kappa shape index (κ2) is 15.2. The van der Waals surface area contributed by atoms with Crippen LogP contribution in [0.3, 0.4) is 0 Å². The lowest BCUT2D eigenvalue weighted by Crippen LogP contribution is -2.24. The smallest absolute Gasteiger partial charge is 0.252 e. The predicted octanol–water partition coefficient (Wildman–Crippen LogP) is 8.78. The van der Waals surface area contributed by atoms with Crippen LogP contribution in [0.25, 0.3) is 0 Å². The number of aromatic nitrogens is 2. The Balaban J connectivity index is 0.000000198. The molecule has 0 amide bonds. The number of aryl methyl sites for hydroxylation is 5. The fourth-order valence-corrected chi connectivity index (χ4v) is 7.28. The van der Waals surface area contributed by atoms with E-state index in [1.807, 2.05) is 74.4 Å². The maximum Gasteiger partial charge on any atom is 0.252 e. The standard InChI is InChI=1S/C22H24N2O2.C22H27NO2/c1-12(2)19-20(18(10-15-5-6-15)14(4)24-22(19)26)21(25)17-8-13(3)7-16(9-17)11-23;1-12(2)19-20(21(24)17-9-13(3)8-14(4)10-17)18(11-16-6-7-16)15(5)23-22(19)25/h7-9,12,15H,5-6,10H2,1-4H3,(H,24,26);8-10,12,16H,6-7,11H2,1-5H3,(H,23,25). The zero-order chi connectivity index (χ0) is 37.3. The van der Waals surface area contributed by atoms with E-state index < -0.39 is 0 Å². The van der Waals surface area contributed by atoms with Gasteiger partial charge >= 0.3 is 0 Å². The van der Waals surface area contributed by atoms with Gasteiger partial charge in [0, 0.05) is 44.8 Å². The van der Waals surface area contributed by atoms with Crippen molar-refractivity contribution in [3.05, 3.63) is 135 Å². The van der Waals surface area contributed by atoms with E-state index >= 15 is 0 Å². The third kappa shape index (κ3) is 8.56. The van der Waals surface area contributed by atoms with Crippen molar-refractivity contribution in [1.29, 1.82) is 5.26 Å². The van der Waals surface area contributed by atoms with Gasteiger partial charge in [-0.05, 0) is 144 Å². The number of H-pyrrole nitrogens is 2. The summed E-state index contributed by atoms with van der Waals surface area (Å²) < 4.78 is 0. The number of rotatable bonds is 10. The van der Waals surface area contributed by atoms with Gasteiger partial charge in [0.15, 0.2) is 11.6 Å². The molecule has 2 saturated carbocycles. The van der Waals surface area contributed by atoms with Crippen molar-refractivity contribution in [3.8, 4) is 6.07 Å². The first-order valence-electron chi connectivity index (χ1n) is 18.3. The Hall–Kier alpha value is -4.83. The molecule has 7 heteroatoms. The van der Waals surface area contributed by atoms with Gasteiger partial charge in [-0.25, -0.2) is 0 Å². The summed E-state index contributed by atoms with van der Waals surface area (Å²) in [5, 5.41) is 9.24. The van der Waals surface area contributed by atoms with Gasteiger partial charge in [-0.1, -0.05) is 44.9 Å². The SMILES string of the molecule is Cc1cc(C#N)cc(C(=O)c2c(CC3CC3)c(C)[nH]c(=O)c2C(C)C)c1.Cc1cc(C)cc(C(=O)c2c(CC3CC3)c(C)[nH]c(=O)c2C(C)C)c1. The monoisotopic (exact) mass is 685 g/mol. The van der Waals surface area contributed by atoms with Crippen molar-refractivity contribution in [1.82, 2.24) is 9.97 Å². The highest BCUT2D eigenvalue weighted by Crippen LogP contribution is 2.37. The van der Waals surface area contributed by atoms with E-state index in [0.29, 0.717) is 50.8 Å². The predicted molar refractivity (Wildman–Crippen MR) is 203 cm³/mol. The summed E-state index contributed by atoms with van der Waals surface area (Å²) in [6.45, 7) is 17.5. The summed E-state index contributed by atoms with van der Waals surface area (Å²) in [5.41, 5.74) is 10.3. The van der Waals surface area contributed by atoms with Gasteiger partial charge in [-0.2, -0.15) is 5.26 Å². The lowest BCUT2D eigenvalue weighted by atomic mass is 9.86.